The minimum absolute atomic E-state index is 0.199. The molecule has 2 rings (SSSR count). The molecule has 0 aliphatic carbocycles. The Balaban J connectivity index is 2.10. The highest BCUT2D eigenvalue weighted by atomic mass is 32.2. The molecule has 33 heavy (non-hydrogen) atoms. The molecule has 0 aliphatic heterocycles. The summed E-state index contributed by atoms with van der Waals surface area (Å²) < 4.78 is 92.8. The fourth-order valence-corrected chi connectivity index (χ4v) is 3.06. The van der Waals surface area contributed by atoms with Gasteiger partial charge in [0.2, 0.25) is 11.8 Å². The summed E-state index contributed by atoms with van der Waals surface area (Å²) in [6, 6.07) is 5.67. The molecule has 0 fully saturated rings. The van der Waals surface area contributed by atoms with Gasteiger partial charge in [0, 0.05) is 22.7 Å². The van der Waals surface area contributed by atoms with Gasteiger partial charge >= 0.3 is 12.1 Å². The van der Waals surface area contributed by atoms with E-state index in [1.54, 1.807) is 0 Å². The van der Waals surface area contributed by atoms with Crippen LogP contribution >= 0.6 is 11.8 Å². The topological polar surface area (TPSA) is 95.5 Å². The van der Waals surface area contributed by atoms with Crippen molar-refractivity contribution >= 4 is 40.9 Å². The number of thioether (sulfide) groups is 1. The van der Waals surface area contributed by atoms with E-state index in [1.807, 2.05) is 0 Å². The first-order valence-electron chi connectivity index (χ1n) is 8.49. The second-order valence-corrected chi connectivity index (χ2v) is 7.08. The van der Waals surface area contributed by atoms with Crippen molar-refractivity contribution in [3.63, 3.8) is 0 Å². The highest BCUT2D eigenvalue weighted by molar-refractivity contribution is 8.00. The minimum Gasteiger partial charge on any atom is -0.478 e. The summed E-state index contributed by atoms with van der Waals surface area (Å²) >= 11 is 0.747. The molecule has 2 aromatic rings. The molecule has 6 nitrogen and oxygen atoms in total. The summed E-state index contributed by atoms with van der Waals surface area (Å²) in [5, 5.41) is 12.3. The smallest absolute Gasteiger partial charge is 0.422 e. The van der Waals surface area contributed by atoms with Gasteiger partial charge in [-0.3, -0.25) is 9.59 Å². The molecule has 0 heterocycles. The normalized spacial score (nSPS) is 11.5. The number of nitrogens with one attached hydrogen (secondary N) is 2. The fraction of sp³-hybridized carbons (Fsp3) is 0.105. The summed E-state index contributed by atoms with van der Waals surface area (Å²) in [4.78, 5) is 34.2. The predicted octanol–water partition coefficient (Wildman–Crippen LogP) is 4.57. The van der Waals surface area contributed by atoms with Crippen LogP contribution in [0.5, 0.6) is 0 Å². The number of rotatable bonds is 7. The monoisotopic (exact) mass is 496 g/mol. The number of carboxylic acids is 1. The second kappa shape index (κ2) is 10.4. The maximum atomic E-state index is 13.9. The van der Waals surface area contributed by atoms with Crippen LogP contribution in [-0.2, 0) is 20.6 Å². The zero-order valence-corrected chi connectivity index (χ0v) is 16.7. The van der Waals surface area contributed by atoms with E-state index in [0.717, 1.165) is 17.8 Å². The van der Waals surface area contributed by atoms with Crippen molar-refractivity contribution in [3.8, 4) is 0 Å². The quantitative estimate of drug-likeness (QED) is 0.226. The Hall–Kier alpha value is -3.55. The van der Waals surface area contributed by atoms with E-state index in [9.17, 15) is 45.1 Å². The van der Waals surface area contributed by atoms with Gasteiger partial charge in [0.1, 0.15) is 11.3 Å². The molecule has 0 spiro atoms. The number of carbonyl (C=O) groups excluding carboxylic acids is 2. The Morgan fingerprint density at radius 2 is 1.55 bits per heavy atom. The maximum absolute atomic E-state index is 13.9. The van der Waals surface area contributed by atoms with Crippen LogP contribution in [0.4, 0.5) is 42.1 Å². The number of halogens is 7. The zero-order chi connectivity index (χ0) is 24.9. The number of carboxylic acid groups (broad SMARTS) is 1. The van der Waals surface area contributed by atoms with E-state index in [0.29, 0.717) is 11.0 Å². The SMILES string of the molecule is O=C(O)/C=C/C(=O)Nc1cccc(SCC(=O)Nc2c(F)c(F)c(C(F)(F)F)c(F)c2F)c1. The number of benzene rings is 2. The molecule has 2 aromatic carbocycles. The van der Waals surface area contributed by atoms with Crippen molar-refractivity contribution in [1.82, 2.24) is 0 Å². The molecule has 0 atom stereocenters. The fourth-order valence-electron chi connectivity index (χ4n) is 2.31. The van der Waals surface area contributed by atoms with E-state index < -0.39 is 64.2 Å². The molecule has 0 aromatic heterocycles. The van der Waals surface area contributed by atoms with E-state index in [1.165, 1.54) is 29.6 Å². The Kier molecular flexibility index (Phi) is 8.08. The molecular formula is C19H11F7N2O4S. The molecule has 3 N–H and O–H groups in total. The van der Waals surface area contributed by atoms with Crippen LogP contribution in [0.25, 0.3) is 0 Å². The van der Waals surface area contributed by atoms with Crippen LogP contribution in [0.1, 0.15) is 5.56 Å². The van der Waals surface area contributed by atoms with Gasteiger partial charge in [0.15, 0.2) is 23.3 Å². The van der Waals surface area contributed by atoms with E-state index >= 15 is 0 Å². The Morgan fingerprint density at radius 3 is 2.09 bits per heavy atom. The number of carbonyl (C=O) groups is 3. The first kappa shape index (κ1) is 25.7. The third-order valence-electron chi connectivity index (χ3n) is 3.66. The van der Waals surface area contributed by atoms with Crippen LogP contribution in [0, 0.1) is 23.3 Å². The van der Waals surface area contributed by atoms with Gasteiger partial charge in [-0.05, 0) is 18.2 Å². The Morgan fingerprint density at radius 1 is 0.939 bits per heavy atom. The molecule has 14 heteroatoms. The van der Waals surface area contributed by atoms with Crippen molar-refractivity contribution < 1.29 is 50.2 Å². The molecule has 0 saturated heterocycles. The van der Waals surface area contributed by atoms with Gasteiger partial charge in [0.05, 0.1) is 5.75 Å². The van der Waals surface area contributed by atoms with Crippen molar-refractivity contribution in [2.24, 2.45) is 0 Å². The lowest BCUT2D eigenvalue weighted by Gasteiger charge is -2.14. The highest BCUT2D eigenvalue weighted by Gasteiger charge is 2.42. The Labute approximate surface area is 184 Å². The van der Waals surface area contributed by atoms with Crippen LogP contribution in [0.15, 0.2) is 41.3 Å². The lowest BCUT2D eigenvalue weighted by Crippen LogP contribution is -2.21. The second-order valence-electron chi connectivity index (χ2n) is 6.03. The number of anilines is 2. The molecule has 2 amide bonds. The van der Waals surface area contributed by atoms with Gasteiger partial charge in [-0.1, -0.05) is 6.07 Å². The average molecular weight is 496 g/mol. The van der Waals surface area contributed by atoms with Gasteiger partial charge in [-0.2, -0.15) is 13.2 Å². The van der Waals surface area contributed by atoms with Crippen LogP contribution < -0.4 is 10.6 Å². The molecule has 0 unspecified atom stereocenters. The molecule has 0 radical (unpaired) electrons. The maximum Gasteiger partial charge on any atom is 0.422 e. The van der Waals surface area contributed by atoms with Gasteiger partial charge in [-0.15, -0.1) is 11.8 Å². The van der Waals surface area contributed by atoms with Crippen molar-refractivity contribution in [1.29, 1.82) is 0 Å². The molecule has 176 valence electrons. The molecule has 0 saturated carbocycles. The highest BCUT2D eigenvalue weighted by Crippen LogP contribution is 2.38. The summed E-state index contributed by atoms with van der Waals surface area (Å²) in [5.74, 6) is -14.1. The predicted molar refractivity (Wildman–Crippen MR) is 102 cm³/mol. The van der Waals surface area contributed by atoms with Crippen LogP contribution in [0.2, 0.25) is 0 Å². The van der Waals surface area contributed by atoms with E-state index in [-0.39, 0.29) is 5.69 Å². The number of alkyl halides is 3. The minimum atomic E-state index is -5.71. The van der Waals surface area contributed by atoms with Crippen LogP contribution in [0.3, 0.4) is 0 Å². The number of aliphatic carboxylic acids is 1. The zero-order valence-electron chi connectivity index (χ0n) is 15.9. The first-order valence-corrected chi connectivity index (χ1v) is 9.47. The number of amides is 2. The Bertz CT molecular complexity index is 1110. The third kappa shape index (κ3) is 6.71. The standard InChI is InChI=1S/C19H11F7N2O4S/c20-14-13(19(24,25)26)15(21)17(23)18(16(14)22)28-11(30)7-33-9-3-1-2-8(6-9)27-10(29)4-5-12(31)32/h1-6H,7H2,(H,27,29)(H,28,30)(H,31,32)/b5-4+. The number of hydrogen-bond donors (Lipinski definition) is 3. The molecule has 0 bridgehead atoms. The summed E-state index contributed by atoms with van der Waals surface area (Å²) in [6.07, 6.45) is -4.36. The lowest BCUT2D eigenvalue weighted by molar-refractivity contribution is -0.143. The van der Waals surface area contributed by atoms with Crippen LogP contribution in [-0.4, -0.2) is 28.6 Å². The summed E-state index contributed by atoms with van der Waals surface area (Å²) in [5.41, 5.74) is -4.28. The molecular weight excluding hydrogens is 485 g/mol. The summed E-state index contributed by atoms with van der Waals surface area (Å²) in [7, 11) is 0. The van der Waals surface area contributed by atoms with E-state index in [2.05, 4.69) is 5.32 Å². The van der Waals surface area contributed by atoms with Gasteiger partial charge in [-0.25, -0.2) is 22.4 Å². The van der Waals surface area contributed by atoms with Crippen molar-refractivity contribution in [2.75, 3.05) is 16.4 Å². The largest absolute Gasteiger partial charge is 0.478 e. The van der Waals surface area contributed by atoms with Gasteiger partial charge in [0.25, 0.3) is 0 Å². The van der Waals surface area contributed by atoms with Crippen molar-refractivity contribution in [3.05, 3.63) is 65.2 Å². The number of hydrogen-bond acceptors (Lipinski definition) is 4. The molecule has 0 aliphatic rings. The van der Waals surface area contributed by atoms with E-state index in [4.69, 9.17) is 5.11 Å². The van der Waals surface area contributed by atoms with Gasteiger partial charge < -0.3 is 15.7 Å². The third-order valence-corrected chi connectivity index (χ3v) is 4.65. The lowest BCUT2D eigenvalue weighted by atomic mass is 10.1. The summed E-state index contributed by atoms with van der Waals surface area (Å²) in [6.45, 7) is 0. The average Bonchev–Trinajstić information content (AvgIpc) is 2.72. The van der Waals surface area contributed by atoms with Crippen molar-refractivity contribution in [2.45, 2.75) is 11.1 Å². The first-order chi connectivity index (χ1) is 15.3.